The predicted octanol–water partition coefficient (Wildman–Crippen LogP) is 0.714. The number of nitrogens with two attached hydrogens (primary N) is 1. The van der Waals surface area contributed by atoms with Gasteiger partial charge in [0.15, 0.2) is 0 Å². The topological polar surface area (TPSA) is 64.2 Å². The van der Waals surface area contributed by atoms with Gasteiger partial charge < -0.3 is 10.6 Å². The van der Waals surface area contributed by atoms with Crippen molar-refractivity contribution in [3.05, 3.63) is 18.0 Å². The Balaban J connectivity index is 2.06. The first kappa shape index (κ1) is 12.1. The number of hydrogen-bond donors (Lipinski definition) is 1. The molecule has 0 aromatic carbocycles. The number of amides is 1. The molecular formula is C12H20N4O. The second kappa shape index (κ2) is 4.49. The molecule has 2 heterocycles. The van der Waals surface area contributed by atoms with Crippen LogP contribution in [0, 0.1) is 5.41 Å². The summed E-state index contributed by atoms with van der Waals surface area (Å²) < 4.78 is 1.77. The first-order chi connectivity index (χ1) is 8.08. The minimum atomic E-state index is 0.0712. The van der Waals surface area contributed by atoms with Crippen LogP contribution in [0.1, 0.15) is 30.6 Å². The van der Waals surface area contributed by atoms with E-state index in [0.29, 0.717) is 12.1 Å². The highest BCUT2D eigenvalue weighted by molar-refractivity contribution is 5.93. The molecular weight excluding hydrogens is 216 g/mol. The van der Waals surface area contributed by atoms with Crippen LogP contribution in [0.3, 0.4) is 0 Å². The van der Waals surface area contributed by atoms with Crippen LogP contribution >= 0.6 is 0 Å². The minimum Gasteiger partial charge on any atom is -0.338 e. The van der Waals surface area contributed by atoms with E-state index in [2.05, 4.69) is 12.0 Å². The summed E-state index contributed by atoms with van der Waals surface area (Å²) in [6.45, 7) is 7.10. The molecule has 1 amide bonds. The van der Waals surface area contributed by atoms with Gasteiger partial charge in [0.1, 0.15) is 0 Å². The van der Waals surface area contributed by atoms with Crippen molar-refractivity contribution >= 4 is 5.91 Å². The average Bonchev–Trinajstić information content (AvgIpc) is 2.95. The van der Waals surface area contributed by atoms with Gasteiger partial charge in [-0.1, -0.05) is 6.92 Å². The number of carbonyl (C=O) groups excluding carboxylic acids is 1. The molecule has 1 aliphatic rings. The third kappa shape index (κ3) is 2.34. The van der Waals surface area contributed by atoms with Crippen LogP contribution in [0.2, 0.25) is 0 Å². The molecule has 2 rings (SSSR count). The number of rotatable bonds is 3. The first-order valence-corrected chi connectivity index (χ1v) is 6.10. The number of aromatic nitrogens is 2. The number of carbonyl (C=O) groups is 1. The van der Waals surface area contributed by atoms with Gasteiger partial charge in [-0.05, 0) is 25.3 Å². The van der Waals surface area contributed by atoms with Crippen molar-refractivity contribution in [3.8, 4) is 0 Å². The second-order valence-electron chi connectivity index (χ2n) is 5.08. The SMILES string of the molecule is CCn1cc(C(=O)N2CCC(C)(CN)C2)cn1. The molecule has 2 N–H and O–H groups in total. The first-order valence-electron chi connectivity index (χ1n) is 6.10. The summed E-state index contributed by atoms with van der Waals surface area (Å²) in [6, 6.07) is 0. The fraction of sp³-hybridized carbons (Fsp3) is 0.667. The molecule has 1 unspecified atom stereocenters. The lowest BCUT2D eigenvalue weighted by Crippen LogP contribution is -2.34. The van der Waals surface area contributed by atoms with Crippen LogP contribution in [0.5, 0.6) is 0 Å². The highest BCUT2D eigenvalue weighted by atomic mass is 16.2. The van der Waals surface area contributed by atoms with E-state index in [1.807, 2.05) is 11.8 Å². The molecule has 0 radical (unpaired) electrons. The summed E-state index contributed by atoms with van der Waals surface area (Å²) in [5.74, 6) is 0.0712. The van der Waals surface area contributed by atoms with Crippen molar-refractivity contribution in [3.63, 3.8) is 0 Å². The van der Waals surface area contributed by atoms with E-state index in [1.165, 1.54) is 0 Å². The molecule has 17 heavy (non-hydrogen) atoms. The fourth-order valence-corrected chi connectivity index (χ4v) is 2.19. The fourth-order valence-electron chi connectivity index (χ4n) is 2.19. The van der Waals surface area contributed by atoms with Crippen molar-refractivity contribution in [2.24, 2.45) is 11.1 Å². The molecule has 1 saturated heterocycles. The average molecular weight is 236 g/mol. The van der Waals surface area contributed by atoms with E-state index in [9.17, 15) is 4.79 Å². The van der Waals surface area contributed by atoms with Crippen LogP contribution in [-0.4, -0.2) is 40.2 Å². The highest BCUT2D eigenvalue weighted by Gasteiger charge is 2.35. The number of nitrogens with zero attached hydrogens (tertiary/aromatic N) is 3. The van der Waals surface area contributed by atoms with Gasteiger partial charge in [0.2, 0.25) is 0 Å². The van der Waals surface area contributed by atoms with Crippen LogP contribution < -0.4 is 5.73 Å². The minimum absolute atomic E-state index is 0.0712. The molecule has 0 spiro atoms. The van der Waals surface area contributed by atoms with Crippen molar-refractivity contribution in [2.75, 3.05) is 19.6 Å². The lowest BCUT2D eigenvalue weighted by Gasteiger charge is -2.22. The van der Waals surface area contributed by atoms with Gasteiger partial charge in [-0.3, -0.25) is 9.48 Å². The Hall–Kier alpha value is -1.36. The summed E-state index contributed by atoms with van der Waals surface area (Å²) in [4.78, 5) is 14.1. The lowest BCUT2D eigenvalue weighted by atomic mass is 9.90. The molecule has 1 aromatic rings. The number of hydrogen-bond acceptors (Lipinski definition) is 3. The van der Waals surface area contributed by atoms with E-state index in [-0.39, 0.29) is 11.3 Å². The molecule has 1 atom stereocenters. The quantitative estimate of drug-likeness (QED) is 0.840. The Labute approximate surface area is 102 Å². The Bertz CT molecular complexity index is 414. The van der Waals surface area contributed by atoms with E-state index < -0.39 is 0 Å². The van der Waals surface area contributed by atoms with Gasteiger partial charge in [-0.15, -0.1) is 0 Å². The maximum Gasteiger partial charge on any atom is 0.257 e. The molecule has 0 bridgehead atoms. The van der Waals surface area contributed by atoms with Gasteiger partial charge in [-0.25, -0.2) is 0 Å². The van der Waals surface area contributed by atoms with E-state index in [1.54, 1.807) is 17.1 Å². The third-order valence-corrected chi connectivity index (χ3v) is 3.54. The molecule has 1 aromatic heterocycles. The Kier molecular flexibility index (Phi) is 3.19. The lowest BCUT2D eigenvalue weighted by molar-refractivity contribution is 0.0777. The van der Waals surface area contributed by atoms with E-state index >= 15 is 0 Å². The Morgan fingerprint density at radius 3 is 2.94 bits per heavy atom. The summed E-state index contributed by atoms with van der Waals surface area (Å²) in [6.07, 6.45) is 4.43. The summed E-state index contributed by atoms with van der Waals surface area (Å²) in [5.41, 5.74) is 6.49. The zero-order valence-corrected chi connectivity index (χ0v) is 10.5. The van der Waals surface area contributed by atoms with Crippen LogP contribution in [0.25, 0.3) is 0 Å². The van der Waals surface area contributed by atoms with Crippen LogP contribution in [-0.2, 0) is 6.54 Å². The third-order valence-electron chi connectivity index (χ3n) is 3.54. The van der Waals surface area contributed by atoms with E-state index in [0.717, 1.165) is 26.1 Å². The standard InChI is InChI=1S/C12H20N4O/c1-3-16-7-10(6-14-16)11(17)15-5-4-12(2,8-13)9-15/h6-7H,3-5,8-9,13H2,1-2H3. The zero-order chi connectivity index (χ0) is 12.5. The molecule has 1 fully saturated rings. The predicted molar refractivity (Wildman–Crippen MR) is 65.6 cm³/mol. The Morgan fingerprint density at radius 2 is 2.41 bits per heavy atom. The summed E-state index contributed by atoms with van der Waals surface area (Å²) in [7, 11) is 0. The largest absolute Gasteiger partial charge is 0.338 e. The molecule has 0 aliphatic carbocycles. The molecule has 94 valence electrons. The maximum atomic E-state index is 12.2. The van der Waals surface area contributed by atoms with Crippen molar-refractivity contribution in [1.29, 1.82) is 0 Å². The van der Waals surface area contributed by atoms with Crippen molar-refractivity contribution < 1.29 is 4.79 Å². The normalized spacial score (nSPS) is 24.3. The maximum absolute atomic E-state index is 12.2. The van der Waals surface area contributed by atoms with Crippen molar-refractivity contribution in [1.82, 2.24) is 14.7 Å². The van der Waals surface area contributed by atoms with Crippen LogP contribution in [0.4, 0.5) is 0 Å². The molecule has 5 nitrogen and oxygen atoms in total. The highest BCUT2D eigenvalue weighted by Crippen LogP contribution is 2.29. The van der Waals surface area contributed by atoms with Gasteiger partial charge in [0.25, 0.3) is 5.91 Å². The molecule has 0 saturated carbocycles. The second-order valence-corrected chi connectivity index (χ2v) is 5.08. The summed E-state index contributed by atoms with van der Waals surface area (Å²) >= 11 is 0. The van der Waals surface area contributed by atoms with Gasteiger partial charge in [0, 0.05) is 25.8 Å². The number of aryl methyl sites for hydroxylation is 1. The van der Waals surface area contributed by atoms with E-state index in [4.69, 9.17) is 5.73 Å². The van der Waals surface area contributed by atoms with Gasteiger partial charge in [-0.2, -0.15) is 5.10 Å². The van der Waals surface area contributed by atoms with Gasteiger partial charge >= 0.3 is 0 Å². The smallest absolute Gasteiger partial charge is 0.257 e. The summed E-state index contributed by atoms with van der Waals surface area (Å²) in [5, 5.41) is 4.13. The van der Waals surface area contributed by atoms with Crippen LogP contribution in [0.15, 0.2) is 12.4 Å². The zero-order valence-electron chi connectivity index (χ0n) is 10.5. The monoisotopic (exact) mass is 236 g/mol. The molecule has 5 heteroatoms. The Morgan fingerprint density at radius 1 is 1.65 bits per heavy atom. The number of likely N-dealkylation sites (tertiary alicyclic amines) is 1. The molecule has 1 aliphatic heterocycles. The van der Waals surface area contributed by atoms with Crippen molar-refractivity contribution in [2.45, 2.75) is 26.8 Å². The van der Waals surface area contributed by atoms with Gasteiger partial charge in [0.05, 0.1) is 11.8 Å².